The molecule has 1 aliphatic heterocycles. The van der Waals surface area contributed by atoms with Gasteiger partial charge in [-0.25, -0.2) is 5.01 Å². The van der Waals surface area contributed by atoms with Crippen LogP contribution in [-0.4, -0.2) is 17.5 Å². The van der Waals surface area contributed by atoms with Crippen molar-refractivity contribution in [3.63, 3.8) is 0 Å². The number of carbonyl (C=O) groups excluding carboxylic acids is 2. The average Bonchev–Trinajstić information content (AvgIpc) is 2.58. The van der Waals surface area contributed by atoms with Gasteiger partial charge in [0.05, 0.1) is 5.69 Å². The number of hydrogen-bond acceptors (Lipinski definition) is 3. The Morgan fingerprint density at radius 2 is 1.75 bits per heavy atom. The molecule has 122 valence electrons. The molecule has 7 heteroatoms. The zero-order chi connectivity index (χ0) is 17.1. The van der Waals surface area contributed by atoms with Crippen LogP contribution in [-0.2, 0) is 9.59 Å². The zero-order valence-electron chi connectivity index (χ0n) is 12.5. The van der Waals surface area contributed by atoms with Gasteiger partial charge in [-0.15, -0.1) is 0 Å². The lowest BCUT2D eigenvalue weighted by atomic mass is 10.1. The van der Waals surface area contributed by atoms with E-state index in [1.165, 1.54) is 5.01 Å². The first-order valence-electron chi connectivity index (χ1n) is 7.26. The summed E-state index contributed by atoms with van der Waals surface area (Å²) in [6.07, 6.45) is 0.550. The summed E-state index contributed by atoms with van der Waals surface area (Å²) in [7, 11) is 0. The molecule has 0 atom stereocenters. The van der Waals surface area contributed by atoms with Crippen molar-refractivity contribution >= 4 is 56.4 Å². The molecule has 3 rings (SSSR count). The number of nitrogens with zero attached hydrogens (tertiary/aromatic N) is 2. The summed E-state index contributed by atoms with van der Waals surface area (Å²) in [5.74, 6) is -0.465. The summed E-state index contributed by atoms with van der Waals surface area (Å²) in [5.41, 5.74) is 1.56. The minimum atomic E-state index is -0.327. The highest BCUT2D eigenvalue weighted by Crippen LogP contribution is 2.23. The lowest BCUT2D eigenvalue weighted by molar-refractivity contribution is -0.118. The number of carbonyl (C=O) groups is 2. The van der Waals surface area contributed by atoms with E-state index in [4.69, 9.17) is 11.6 Å². The number of rotatable bonds is 3. The third-order valence-corrected chi connectivity index (χ3v) is 4.25. The van der Waals surface area contributed by atoms with Crippen LogP contribution in [0.1, 0.15) is 12.8 Å². The predicted octanol–water partition coefficient (Wildman–Crippen LogP) is 4.22. The third kappa shape index (κ3) is 3.83. The van der Waals surface area contributed by atoms with Gasteiger partial charge in [-0.05, 0) is 48.5 Å². The molecule has 0 unspecified atom stereocenters. The fourth-order valence-electron chi connectivity index (χ4n) is 2.24. The first kappa shape index (κ1) is 16.7. The van der Waals surface area contributed by atoms with Crippen LogP contribution in [0.3, 0.4) is 0 Å². The van der Waals surface area contributed by atoms with Crippen LogP contribution >= 0.6 is 27.5 Å². The highest BCUT2D eigenvalue weighted by atomic mass is 79.9. The number of amides is 2. The molecule has 0 fully saturated rings. The minimum Gasteiger partial charge on any atom is -0.321 e. The highest BCUT2D eigenvalue weighted by Gasteiger charge is 2.25. The standard InChI is InChI=1S/C17H13BrClN3O2/c18-11-1-7-14(8-2-11)22-16(23)10-9-15(21-22)17(24)20-13-5-3-12(19)4-6-13/h1-8H,9-10H2,(H,20,24). The van der Waals surface area contributed by atoms with E-state index in [1.54, 1.807) is 36.4 Å². The Labute approximate surface area is 152 Å². The van der Waals surface area contributed by atoms with Gasteiger partial charge < -0.3 is 5.32 Å². The number of benzene rings is 2. The maximum atomic E-state index is 12.4. The fourth-order valence-corrected chi connectivity index (χ4v) is 2.63. The molecule has 0 saturated heterocycles. The summed E-state index contributed by atoms with van der Waals surface area (Å²) < 4.78 is 0.903. The normalized spacial score (nSPS) is 14.3. The number of nitrogens with one attached hydrogen (secondary N) is 1. The molecule has 2 amide bonds. The summed E-state index contributed by atoms with van der Waals surface area (Å²) >= 11 is 9.18. The molecule has 1 N–H and O–H groups in total. The van der Waals surface area contributed by atoms with E-state index < -0.39 is 0 Å². The molecular formula is C17H13BrClN3O2. The van der Waals surface area contributed by atoms with Gasteiger partial charge in [-0.1, -0.05) is 27.5 Å². The first-order valence-corrected chi connectivity index (χ1v) is 8.43. The topological polar surface area (TPSA) is 61.8 Å². The van der Waals surface area contributed by atoms with Crippen LogP contribution in [0.5, 0.6) is 0 Å². The van der Waals surface area contributed by atoms with E-state index in [0.29, 0.717) is 28.5 Å². The second-order valence-electron chi connectivity index (χ2n) is 5.19. The van der Waals surface area contributed by atoms with Gasteiger partial charge in [0.1, 0.15) is 5.71 Å². The van der Waals surface area contributed by atoms with E-state index in [-0.39, 0.29) is 18.2 Å². The van der Waals surface area contributed by atoms with Crippen LogP contribution in [0.2, 0.25) is 5.02 Å². The molecule has 2 aromatic rings. The van der Waals surface area contributed by atoms with Gasteiger partial charge in [-0.3, -0.25) is 9.59 Å². The van der Waals surface area contributed by atoms with Crippen molar-refractivity contribution in [3.05, 3.63) is 58.0 Å². The largest absolute Gasteiger partial charge is 0.321 e. The van der Waals surface area contributed by atoms with Crippen molar-refractivity contribution in [1.82, 2.24) is 0 Å². The number of hydrogen-bond donors (Lipinski definition) is 1. The van der Waals surface area contributed by atoms with Crippen molar-refractivity contribution in [1.29, 1.82) is 0 Å². The van der Waals surface area contributed by atoms with Crippen LogP contribution in [0.4, 0.5) is 11.4 Å². The van der Waals surface area contributed by atoms with E-state index in [9.17, 15) is 9.59 Å². The number of anilines is 2. The molecule has 0 radical (unpaired) electrons. The molecule has 0 aromatic heterocycles. The van der Waals surface area contributed by atoms with Crippen molar-refractivity contribution in [2.45, 2.75) is 12.8 Å². The van der Waals surface area contributed by atoms with E-state index in [2.05, 4.69) is 26.3 Å². The van der Waals surface area contributed by atoms with Gasteiger partial charge in [0.25, 0.3) is 5.91 Å². The maximum absolute atomic E-state index is 12.4. The van der Waals surface area contributed by atoms with Crippen LogP contribution in [0, 0.1) is 0 Å². The van der Waals surface area contributed by atoms with Crippen LogP contribution in [0.25, 0.3) is 0 Å². The Balaban J connectivity index is 1.80. The summed E-state index contributed by atoms with van der Waals surface area (Å²) in [6.45, 7) is 0. The fraction of sp³-hybridized carbons (Fsp3) is 0.118. The Kier molecular flexibility index (Phi) is 4.97. The van der Waals surface area contributed by atoms with E-state index in [1.807, 2.05) is 12.1 Å². The quantitative estimate of drug-likeness (QED) is 0.829. The second-order valence-corrected chi connectivity index (χ2v) is 6.54. The molecule has 24 heavy (non-hydrogen) atoms. The molecule has 5 nitrogen and oxygen atoms in total. The molecule has 0 aliphatic carbocycles. The lowest BCUT2D eigenvalue weighted by Gasteiger charge is -2.23. The summed E-state index contributed by atoms with van der Waals surface area (Å²) in [5, 5.41) is 8.85. The lowest BCUT2D eigenvalue weighted by Crippen LogP contribution is -2.36. The molecule has 0 saturated carbocycles. The minimum absolute atomic E-state index is 0.139. The second kappa shape index (κ2) is 7.15. The molecule has 1 heterocycles. The molecule has 0 bridgehead atoms. The van der Waals surface area contributed by atoms with E-state index >= 15 is 0 Å². The average molecular weight is 407 g/mol. The SMILES string of the molecule is O=C(Nc1ccc(Cl)cc1)C1=NN(c2ccc(Br)cc2)C(=O)CC1. The predicted molar refractivity (Wildman–Crippen MR) is 98.4 cm³/mol. The van der Waals surface area contributed by atoms with Gasteiger partial charge in [0, 0.05) is 28.0 Å². The Hall–Kier alpha value is -2.18. The summed E-state index contributed by atoms with van der Waals surface area (Å²) in [6, 6.07) is 14.0. The number of halogens is 2. The number of hydrazone groups is 1. The Bertz CT molecular complexity index is 804. The molecule has 1 aliphatic rings. The van der Waals surface area contributed by atoms with Crippen molar-refractivity contribution in [3.8, 4) is 0 Å². The zero-order valence-corrected chi connectivity index (χ0v) is 14.8. The third-order valence-electron chi connectivity index (χ3n) is 3.47. The van der Waals surface area contributed by atoms with Gasteiger partial charge in [-0.2, -0.15) is 5.10 Å². The molecular weight excluding hydrogens is 394 g/mol. The van der Waals surface area contributed by atoms with Crippen molar-refractivity contribution in [2.75, 3.05) is 10.3 Å². The molecule has 0 spiro atoms. The van der Waals surface area contributed by atoms with Crippen LogP contribution in [0.15, 0.2) is 58.1 Å². The molecule has 2 aromatic carbocycles. The monoisotopic (exact) mass is 405 g/mol. The van der Waals surface area contributed by atoms with Crippen molar-refractivity contribution in [2.24, 2.45) is 5.10 Å². The van der Waals surface area contributed by atoms with E-state index in [0.717, 1.165) is 4.47 Å². The Morgan fingerprint density at radius 1 is 1.08 bits per heavy atom. The summed E-state index contributed by atoms with van der Waals surface area (Å²) in [4.78, 5) is 24.5. The van der Waals surface area contributed by atoms with Crippen LogP contribution < -0.4 is 10.3 Å². The van der Waals surface area contributed by atoms with Crippen molar-refractivity contribution < 1.29 is 9.59 Å². The van der Waals surface area contributed by atoms with Gasteiger partial charge in [0.15, 0.2) is 0 Å². The first-order chi connectivity index (χ1) is 11.5. The maximum Gasteiger partial charge on any atom is 0.271 e. The van der Waals surface area contributed by atoms with Gasteiger partial charge >= 0.3 is 0 Å². The highest BCUT2D eigenvalue weighted by molar-refractivity contribution is 9.10. The smallest absolute Gasteiger partial charge is 0.271 e. The Morgan fingerprint density at radius 3 is 2.42 bits per heavy atom. The van der Waals surface area contributed by atoms with Gasteiger partial charge in [0.2, 0.25) is 5.91 Å².